The van der Waals surface area contributed by atoms with Crippen molar-refractivity contribution in [2.24, 2.45) is 0 Å². The Kier molecular flexibility index (Phi) is 6.51. The van der Waals surface area contributed by atoms with Gasteiger partial charge in [0.1, 0.15) is 0 Å². The maximum atomic E-state index is 12.3. The van der Waals surface area contributed by atoms with Crippen molar-refractivity contribution in [2.75, 3.05) is 12.4 Å². The summed E-state index contributed by atoms with van der Waals surface area (Å²) in [5.41, 5.74) is 0.556. The largest absolute Gasteiger partial charge is 0.493 e. The molecule has 1 N–H and O–H groups in total. The molecule has 0 fully saturated rings. The minimum atomic E-state index is -3.02. The van der Waals surface area contributed by atoms with Crippen molar-refractivity contribution in [3.05, 3.63) is 48.0 Å². The van der Waals surface area contributed by atoms with Gasteiger partial charge in [-0.25, -0.2) is 0 Å². The molecule has 9 heteroatoms. The summed E-state index contributed by atoms with van der Waals surface area (Å²) in [5.74, 6) is -3.25. The van der Waals surface area contributed by atoms with Crippen LogP contribution in [0.4, 0.5) is 23.2 Å². The van der Waals surface area contributed by atoms with Crippen molar-refractivity contribution in [1.29, 1.82) is 0 Å². The Labute approximate surface area is 145 Å². The fourth-order valence-electron chi connectivity index (χ4n) is 1.93. The summed E-state index contributed by atoms with van der Waals surface area (Å²) in [6.07, 6.45) is 0. The lowest BCUT2D eigenvalue weighted by atomic mass is 10.2. The number of hydrogen-bond donors (Lipinski definition) is 1. The number of anilines is 1. The Morgan fingerprint density at radius 1 is 1.04 bits per heavy atom. The zero-order chi connectivity index (χ0) is 18.4. The molecular formula is C16H13F4NO3S. The van der Waals surface area contributed by atoms with E-state index in [0.29, 0.717) is 22.3 Å². The molecule has 0 atom stereocenters. The van der Waals surface area contributed by atoms with Crippen LogP contribution < -0.4 is 14.8 Å². The third-order valence-electron chi connectivity index (χ3n) is 2.98. The monoisotopic (exact) mass is 375 g/mol. The maximum absolute atomic E-state index is 12.3. The molecule has 2 aromatic carbocycles. The number of rotatable bonds is 7. The molecule has 0 saturated heterocycles. The molecule has 0 saturated carbocycles. The van der Waals surface area contributed by atoms with Gasteiger partial charge in [0.15, 0.2) is 11.5 Å². The van der Waals surface area contributed by atoms with Gasteiger partial charge in [-0.1, -0.05) is 11.8 Å². The first-order valence-corrected chi connectivity index (χ1v) is 7.76. The highest BCUT2D eigenvalue weighted by molar-refractivity contribution is 7.99. The predicted octanol–water partition coefficient (Wildman–Crippen LogP) is 4.86. The van der Waals surface area contributed by atoms with Crippen LogP contribution in [0, 0.1) is 0 Å². The van der Waals surface area contributed by atoms with Crippen LogP contribution in [0.3, 0.4) is 0 Å². The summed E-state index contributed by atoms with van der Waals surface area (Å²) in [6, 6.07) is 9.62. The van der Waals surface area contributed by atoms with Crippen LogP contribution in [-0.2, 0) is 0 Å². The van der Waals surface area contributed by atoms with Crippen molar-refractivity contribution in [1.82, 2.24) is 0 Å². The third-order valence-corrected chi connectivity index (χ3v) is 3.70. The molecule has 2 aromatic rings. The maximum Gasteiger partial charge on any atom is 0.387 e. The number of halogens is 4. The fourth-order valence-corrected chi connectivity index (χ4v) is 2.42. The number of thioether (sulfide) groups is 1. The Hall–Kier alpha value is -2.42. The van der Waals surface area contributed by atoms with Gasteiger partial charge in [0.25, 0.3) is 11.7 Å². The molecule has 0 unspecified atom stereocenters. The van der Waals surface area contributed by atoms with E-state index >= 15 is 0 Å². The topological polar surface area (TPSA) is 47.6 Å². The van der Waals surface area contributed by atoms with Crippen molar-refractivity contribution in [2.45, 2.75) is 17.3 Å². The Morgan fingerprint density at radius 3 is 2.28 bits per heavy atom. The molecule has 2 rings (SSSR count). The van der Waals surface area contributed by atoms with E-state index in [1.54, 1.807) is 0 Å². The molecule has 0 spiro atoms. The molecule has 25 heavy (non-hydrogen) atoms. The Balaban J connectivity index is 2.09. The van der Waals surface area contributed by atoms with Crippen LogP contribution in [0.5, 0.6) is 11.5 Å². The number of nitrogens with one attached hydrogen (secondary N) is 1. The first kappa shape index (κ1) is 18.9. The van der Waals surface area contributed by atoms with Crippen molar-refractivity contribution < 1.29 is 31.8 Å². The molecule has 134 valence electrons. The van der Waals surface area contributed by atoms with E-state index in [9.17, 15) is 22.4 Å². The number of ether oxygens (including phenoxy) is 2. The SMILES string of the molecule is COc1cc(C(=O)Nc2ccc(SC(F)F)cc2)ccc1OC(F)F. The molecule has 0 aliphatic heterocycles. The van der Waals surface area contributed by atoms with Crippen molar-refractivity contribution in [3.8, 4) is 11.5 Å². The average molecular weight is 375 g/mol. The van der Waals surface area contributed by atoms with Gasteiger partial charge in [-0.2, -0.15) is 17.6 Å². The summed E-state index contributed by atoms with van der Waals surface area (Å²) in [7, 11) is 1.26. The Bertz CT molecular complexity index is 726. The summed E-state index contributed by atoms with van der Waals surface area (Å²) in [5, 5.41) is 2.57. The van der Waals surface area contributed by atoms with E-state index in [0.717, 1.165) is 0 Å². The molecule has 4 nitrogen and oxygen atoms in total. The lowest BCUT2D eigenvalue weighted by Crippen LogP contribution is -2.12. The normalized spacial score (nSPS) is 10.8. The lowest BCUT2D eigenvalue weighted by molar-refractivity contribution is -0.0512. The zero-order valence-corrected chi connectivity index (χ0v) is 13.7. The summed E-state index contributed by atoms with van der Waals surface area (Å²) < 4.78 is 58.3. The fraction of sp³-hybridized carbons (Fsp3) is 0.188. The van der Waals surface area contributed by atoms with E-state index in [-0.39, 0.29) is 17.1 Å². The molecule has 0 heterocycles. The number of methoxy groups -OCH3 is 1. The standard InChI is InChI=1S/C16H13F4NO3S/c1-23-13-8-9(2-7-12(13)24-15(17)18)14(22)21-10-3-5-11(6-4-10)25-16(19)20/h2-8,15-16H,1H3,(H,21,22). The smallest absolute Gasteiger partial charge is 0.387 e. The minimum Gasteiger partial charge on any atom is -0.493 e. The highest BCUT2D eigenvalue weighted by atomic mass is 32.2. The van der Waals surface area contributed by atoms with Gasteiger partial charge in [-0.05, 0) is 42.5 Å². The average Bonchev–Trinajstić information content (AvgIpc) is 2.56. The van der Waals surface area contributed by atoms with Crippen molar-refractivity contribution in [3.63, 3.8) is 0 Å². The van der Waals surface area contributed by atoms with E-state index < -0.39 is 18.3 Å². The highest BCUT2D eigenvalue weighted by Crippen LogP contribution is 2.30. The predicted molar refractivity (Wildman–Crippen MR) is 85.9 cm³/mol. The molecular weight excluding hydrogens is 362 g/mol. The highest BCUT2D eigenvalue weighted by Gasteiger charge is 2.14. The number of amides is 1. The van der Waals surface area contributed by atoms with Crippen LogP contribution in [0.25, 0.3) is 0 Å². The number of alkyl halides is 4. The van der Waals surface area contributed by atoms with Crippen molar-refractivity contribution >= 4 is 23.4 Å². The number of carbonyl (C=O) groups is 1. The number of carbonyl (C=O) groups excluding carboxylic acids is 1. The van der Waals surface area contributed by atoms with E-state index in [4.69, 9.17) is 4.74 Å². The molecule has 0 aliphatic rings. The lowest BCUT2D eigenvalue weighted by Gasteiger charge is -2.11. The summed E-state index contributed by atoms with van der Waals surface area (Å²) >= 11 is 0.396. The van der Waals surface area contributed by atoms with Gasteiger partial charge < -0.3 is 14.8 Å². The van der Waals surface area contributed by atoms with Crippen LogP contribution >= 0.6 is 11.8 Å². The van der Waals surface area contributed by atoms with Gasteiger partial charge in [0.2, 0.25) is 0 Å². The van der Waals surface area contributed by atoms with Gasteiger partial charge in [0, 0.05) is 16.1 Å². The third kappa shape index (κ3) is 5.56. The van der Waals surface area contributed by atoms with E-state index in [1.807, 2.05) is 0 Å². The number of hydrogen-bond acceptors (Lipinski definition) is 4. The number of benzene rings is 2. The second-order valence-corrected chi connectivity index (χ2v) is 5.66. The second kappa shape index (κ2) is 8.61. The minimum absolute atomic E-state index is 0.0170. The van der Waals surface area contributed by atoms with Crippen LogP contribution in [0.2, 0.25) is 0 Å². The van der Waals surface area contributed by atoms with Gasteiger partial charge in [-0.3, -0.25) is 4.79 Å². The summed E-state index contributed by atoms with van der Waals surface area (Å²) in [4.78, 5) is 12.6. The molecule has 0 bridgehead atoms. The quantitative estimate of drug-likeness (QED) is 0.554. The van der Waals surface area contributed by atoms with Crippen LogP contribution in [0.1, 0.15) is 10.4 Å². The van der Waals surface area contributed by atoms with E-state index in [2.05, 4.69) is 10.1 Å². The second-order valence-electron chi connectivity index (χ2n) is 4.60. The molecule has 1 amide bonds. The van der Waals surface area contributed by atoms with Gasteiger partial charge >= 0.3 is 6.61 Å². The van der Waals surface area contributed by atoms with E-state index in [1.165, 1.54) is 49.6 Å². The molecule has 0 aliphatic carbocycles. The van der Waals surface area contributed by atoms with Crippen LogP contribution in [0.15, 0.2) is 47.4 Å². The molecule has 0 aromatic heterocycles. The first-order valence-electron chi connectivity index (χ1n) is 6.88. The summed E-state index contributed by atoms with van der Waals surface area (Å²) in [6.45, 7) is -3.02. The molecule has 0 radical (unpaired) electrons. The van der Waals surface area contributed by atoms with Crippen LogP contribution in [-0.4, -0.2) is 25.4 Å². The Morgan fingerprint density at radius 2 is 1.72 bits per heavy atom. The van der Waals surface area contributed by atoms with Gasteiger partial charge in [0.05, 0.1) is 7.11 Å². The van der Waals surface area contributed by atoms with Gasteiger partial charge in [-0.15, -0.1) is 0 Å². The zero-order valence-electron chi connectivity index (χ0n) is 12.8. The first-order chi connectivity index (χ1) is 11.9.